The first-order valence-corrected chi connectivity index (χ1v) is 17.6. The number of aliphatic hydroxyl groups excluding tert-OH is 1. The lowest BCUT2D eigenvalue weighted by Gasteiger charge is -2.40. The van der Waals surface area contributed by atoms with Gasteiger partial charge in [-0.05, 0) is 69.4 Å². The van der Waals surface area contributed by atoms with E-state index in [1.165, 1.54) is 0 Å². The van der Waals surface area contributed by atoms with Crippen LogP contribution in [-0.2, 0) is 19.1 Å². The number of likely N-dealkylation sites (tertiary alicyclic amines) is 1. The van der Waals surface area contributed by atoms with Crippen molar-refractivity contribution in [2.75, 3.05) is 49.1 Å². The second-order valence-electron chi connectivity index (χ2n) is 13.2. The lowest BCUT2D eigenvalue weighted by molar-refractivity contribution is -0.153. The average molecular weight is 657 g/mol. The number of hydrogen-bond acceptors (Lipinski definition) is 6. The van der Waals surface area contributed by atoms with Crippen LogP contribution in [0, 0.1) is 11.8 Å². The molecule has 1 N–H and O–H groups in total. The van der Waals surface area contributed by atoms with E-state index < -0.39 is 41.7 Å². The predicted octanol–water partition coefficient (Wildman–Crippen LogP) is 5.36. The molecule has 48 heavy (non-hydrogen) atoms. The second-order valence-corrected chi connectivity index (χ2v) is 13.2. The van der Waals surface area contributed by atoms with Gasteiger partial charge in [-0.2, -0.15) is 0 Å². The lowest BCUT2D eigenvalue weighted by atomic mass is 9.64. The molecule has 3 fully saturated rings. The molecule has 1 spiro atoms. The minimum Gasteiger partial charge on any atom is -0.394 e. The maximum Gasteiger partial charge on any atom is 0.253 e. The molecule has 9 heteroatoms. The van der Waals surface area contributed by atoms with Gasteiger partial charge in [-0.3, -0.25) is 14.4 Å². The van der Waals surface area contributed by atoms with Crippen molar-refractivity contribution in [3.63, 3.8) is 0 Å². The van der Waals surface area contributed by atoms with E-state index in [9.17, 15) is 9.90 Å². The first-order valence-electron chi connectivity index (χ1n) is 17.6. The van der Waals surface area contributed by atoms with Crippen molar-refractivity contribution < 1.29 is 24.2 Å². The van der Waals surface area contributed by atoms with Crippen LogP contribution in [0.5, 0.6) is 0 Å². The van der Waals surface area contributed by atoms with E-state index >= 15 is 9.59 Å². The fraction of sp³-hybridized carbons (Fsp3) is 0.513. The van der Waals surface area contributed by atoms with E-state index in [-0.39, 0.29) is 24.3 Å². The Morgan fingerprint density at radius 1 is 0.958 bits per heavy atom. The molecule has 0 aliphatic carbocycles. The molecule has 3 amide bonds. The van der Waals surface area contributed by atoms with Crippen LogP contribution >= 0.6 is 0 Å². The minimum absolute atomic E-state index is 0.137. The molecular formula is C39H52N4O5. The maximum atomic E-state index is 15.2. The van der Waals surface area contributed by atoms with Gasteiger partial charge in [-0.15, -0.1) is 13.2 Å². The second kappa shape index (κ2) is 14.7. The number of rotatable bonds is 16. The number of amides is 3. The maximum absolute atomic E-state index is 15.2. The molecule has 9 nitrogen and oxygen atoms in total. The molecule has 2 aromatic carbocycles. The third-order valence-electron chi connectivity index (χ3n) is 10.8. The summed E-state index contributed by atoms with van der Waals surface area (Å²) in [6.45, 7) is 18.5. The Bertz CT molecular complexity index is 1480. The Hall–Kier alpha value is -3.95. The zero-order valence-corrected chi connectivity index (χ0v) is 29.0. The third-order valence-corrected chi connectivity index (χ3v) is 10.8. The largest absolute Gasteiger partial charge is 0.394 e. The van der Waals surface area contributed by atoms with Crippen LogP contribution in [-0.4, -0.2) is 89.2 Å². The minimum atomic E-state index is -1.24. The van der Waals surface area contributed by atoms with Gasteiger partial charge >= 0.3 is 0 Å². The quantitative estimate of drug-likeness (QED) is 0.245. The molecule has 3 heterocycles. The first-order chi connectivity index (χ1) is 23.2. The molecule has 2 unspecified atom stereocenters. The zero-order chi connectivity index (χ0) is 34.6. The molecule has 2 aromatic rings. The van der Waals surface area contributed by atoms with Crippen LogP contribution in [0.2, 0.25) is 0 Å². The predicted molar refractivity (Wildman–Crippen MR) is 190 cm³/mol. The highest BCUT2D eigenvalue weighted by Crippen LogP contribution is 2.65. The normalized spacial score (nSPS) is 26.2. The fourth-order valence-electron chi connectivity index (χ4n) is 8.62. The topological polar surface area (TPSA) is 93.6 Å². The van der Waals surface area contributed by atoms with E-state index in [1.54, 1.807) is 26.9 Å². The van der Waals surface area contributed by atoms with Crippen molar-refractivity contribution in [1.82, 2.24) is 9.80 Å². The van der Waals surface area contributed by atoms with Crippen LogP contribution in [0.4, 0.5) is 11.4 Å². The van der Waals surface area contributed by atoms with Crippen LogP contribution in [0.15, 0.2) is 79.9 Å². The number of nitrogens with zero attached hydrogens (tertiary/aromatic N) is 4. The molecule has 3 saturated heterocycles. The van der Waals surface area contributed by atoms with Crippen LogP contribution in [0.1, 0.15) is 65.0 Å². The summed E-state index contributed by atoms with van der Waals surface area (Å²) in [5, 5.41) is 10.9. The van der Waals surface area contributed by atoms with E-state index in [1.807, 2.05) is 68.4 Å². The molecule has 258 valence electrons. The summed E-state index contributed by atoms with van der Waals surface area (Å²) in [5.74, 6) is -2.40. The number of ether oxygens (including phenoxy) is 1. The number of benzene rings is 2. The summed E-state index contributed by atoms with van der Waals surface area (Å²) in [5.41, 5.74) is 0.331. The van der Waals surface area contributed by atoms with Crippen molar-refractivity contribution in [2.45, 2.75) is 76.7 Å². The lowest BCUT2D eigenvalue weighted by Crippen LogP contribution is -2.57. The molecular weight excluding hydrogens is 604 g/mol. The molecule has 3 aliphatic rings. The smallest absolute Gasteiger partial charge is 0.253 e. The highest BCUT2D eigenvalue weighted by atomic mass is 16.5. The summed E-state index contributed by atoms with van der Waals surface area (Å²) in [6, 6.07) is 15.3. The summed E-state index contributed by atoms with van der Waals surface area (Å²) >= 11 is 0. The van der Waals surface area contributed by atoms with Crippen molar-refractivity contribution in [2.24, 2.45) is 11.8 Å². The highest BCUT2D eigenvalue weighted by molar-refractivity contribution is 6.05. The van der Waals surface area contributed by atoms with Gasteiger partial charge in [0.1, 0.15) is 11.6 Å². The molecule has 6 atom stereocenters. The molecule has 3 aliphatic heterocycles. The Labute approximate surface area is 285 Å². The monoisotopic (exact) mass is 656 g/mol. The van der Waals surface area contributed by atoms with Gasteiger partial charge < -0.3 is 29.4 Å². The molecule has 0 aromatic heterocycles. The summed E-state index contributed by atoms with van der Waals surface area (Å²) in [4.78, 5) is 52.0. The number of carbonyl (C=O) groups is 3. The zero-order valence-electron chi connectivity index (χ0n) is 29.0. The summed E-state index contributed by atoms with van der Waals surface area (Å²) < 4.78 is 7.07. The molecule has 2 bridgehead atoms. The third kappa shape index (κ3) is 5.75. The average Bonchev–Trinajstić information content (AvgIpc) is 3.72. The van der Waals surface area contributed by atoms with Crippen molar-refractivity contribution in [1.29, 1.82) is 0 Å². The Balaban J connectivity index is 1.65. The standard InChI is InChI=1S/C39H52N4O5/c1-7-24-41(25-8-2)35(45)32-33-36(46)43(31(27-44)28-16-14-13-15-17-28)34(39(33)23-22-38(32,10-4)48-39)37(47)42(26-9-3)30-20-18-29(19-21-30)40(11-5)12-6/h7,9,13-21,31-34,44H,1,3,8,10-12,22-27H2,2,4-6H3/t31-,32+,33+,34?,38-,39?/m1/s1. The van der Waals surface area contributed by atoms with Gasteiger partial charge in [0.25, 0.3) is 5.91 Å². The van der Waals surface area contributed by atoms with Gasteiger partial charge in [-0.1, -0.05) is 56.3 Å². The van der Waals surface area contributed by atoms with Crippen LogP contribution in [0.25, 0.3) is 0 Å². The first kappa shape index (κ1) is 35.4. The van der Waals surface area contributed by atoms with Gasteiger partial charge in [-0.25, -0.2) is 0 Å². The van der Waals surface area contributed by atoms with Crippen LogP contribution in [0.3, 0.4) is 0 Å². The molecule has 0 saturated carbocycles. The number of anilines is 2. The van der Waals surface area contributed by atoms with Gasteiger partial charge in [0, 0.05) is 44.1 Å². The number of hydrogen-bond donors (Lipinski definition) is 1. The van der Waals surface area contributed by atoms with E-state index in [4.69, 9.17) is 4.74 Å². The Morgan fingerprint density at radius 2 is 1.60 bits per heavy atom. The number of carbonyl (C=O) groups excluding carboxylic acids is 3. The van der Waals surface area contributed by atoms with Crippen molar-refractivity contribution in [3.8, 4) is 0 Å². The van der Waals surface area contributed by atoms with E-state index in [0.29, 0.717) is 43.6 Å². The highest BCUT2D eigenvalue weighted by Gasteiger charge is 2.79. The Morgan fingerprint density at radius 3 is 2.17 bits per heavy atom. The van der Waals surface area contributed by atoms with E-state index in [2.05, 4.69) is 31.9 Å². The van der Waals surface area contributed by atoms with Crippen molar-refractivity contribution in [3.05, 3.63) is 85.5 Å². The van der Waals surface area contributed by atoms with E-state index in [0.717, 1.165) is 25.2 Å². The van der Waals surface area contributed by atoms with Gasteiger partial charge in [0.2, 0.25) is 11.8 Å². The number of aliphatic hydroxyl groups is 1. The van der Waals surface area contributed by atoms with Crippen molar-refractivity contribution >= 4 is 29.1 Å². The number of fused-ring (bicyclic) bond motifs is 1. The van der Waals surface area contributed by atoms with Crippen LogP contribution < -0.4 is 9.80 Å². The molecule has 0 radical (unpaired) electrons. The van der Waals surface area contributed by atoms with Gasteiger partial charge in [0.15, 0.2) is 0 Å². The molecule has 5 rings (SSSR count). The Kier molecular flexibility index (Phi) is 10.8. The van der Waals surface area contributed by atoms with Gasteiger partial charge in [0.05, 0.1) is 30.1 Å². The summed E-state index contributed by atoms with van der Waals surface area (Å²) in [7, 11) is 0. The SMILES string of the molecule is C=CCN(CCC)C(=O)[C@@H]1[C@H]2C(=O)N([C@H](CO)c3ccccc3)C(C(=O)N(CC=C)c3ccc(N(CC)CC)cc3)C23CC[C@@]1(CC)O3. The fourth-order valence-corrected chi connectivity index (χ4v) is 8.62. The summed E-state index contributed by atoms with van der Waals surface area (Å²) in [6.07, 6.45) is 5.70.